The topological polar surface area (TPSA) is 101 Å². The molecule has 4 rings (SSSR count). The van der Waals surface area contributed by atoms with Gasteiger partial charge >= 0.3 is 11.9 Å². The van der Waals surface area contributed by atoms with Crippen LogP contribution in [0.3, 0.4) is 0 Å². The summed E-state index contributed by atoms with van der Waals surface area (Å²) >= 11 is 1.14. The molecule has 0 saturated heterocycles. The van der Waals surface area contributed by atoms with Gasteiger partial charge in [0.05, 0.1) is 29.7 Å². The predicted octanol–water partition coefficient (Wildman–Crippen LogP) is 3.42. The Morgan fingerprint density at radius 1 is 1.00 bits per heavy atom. The maximum Gasteiger partial charge on any atom is 0.431 e. The highest BCUT2D eigenvalue weighted by atomic mass is 32.1. The van der Waals surface area contributed by atoms with Gasteiger partial charge in [-0.2, -0.15) is 27.5 Å². The van der Waals surface area contributed by atoms with Crippen LogP contribution in [-0.2, 0) is 13.2 Å². The minimum Gasteiger partial charge on any atom is -0.478 e. The predicted molar refractivity (Wildman–Crippen MR) is 119 cm³/mol. The minimum atomic E-state index is -4.85. The molecule has 0 atom stereocenters. The molecule has 0 spiro atoms. The molecule has 0 fully saturated rings. The average Bonchev–Trinajstić information content (AvgIpc) is 3.19. The number of rotatable bonds is 6. The third-order valence-electron chi connectivity index (χ3n) is 4.80. The first kappa shape index (κ1) is 23.4. The van der Waals surface area contributed by atoms with Crippen LogP contribution in [0.2, 0.25) is 0 Å². The first-order valence-corrected chi connectivity index (χ1v) is 10.9. The zero-order valence-corrected chi connectivity index (χ0v) is 19.0. The van der Waals surface area contributed by atoms with Crippen molar-refractivity contribution in [2.75, 3.05) is 13.2 Å². The van der Waals surface area contributed by atoms with Gasteiger partial charge in [-0.25, -0.2) is 9.36 Å². The van der Waals surface area contributed by atoms with Crippen LogP contribution in [-0.4, -0.2) is 36.7 Å². The van der Waals surface area contributed by atoms with E-state index in [9.17, 15) is 22.8 Å². The van der Waals surface area contributed by atoms with Crippen molar-refractivity contribution in [3.63, 3.8) is 0 Å². The molecule has 0 radical (unpaired) electrons. The lowest BCUT2D eigenvalue weighted by Gasteiger charge is -2.14. The quantitative estimate of drug-likeness (QED) is 0.406. The molecule has 3 heterocycles. The van der Waals surface area contributed by atoms with Crippen molar-refractivity contribution < 1.29 is 22.6 Å². The molecule has 9 nitrogen and oxygen atoms in total. The van der Waals surface area contributed by atoms with E-state index >= 15 is 0 Å². The van der Waals surface area contributed by atoms with Crippen LogP contribution < -0.4 is 20.7 Å². The fraction of sp³-hybridized carbons (Fsp3) is 0.286. The van der Waals surface area contributed by atoms with Crippen LogP contribution >= 0.6 is 11.5 Å². The molecule has 0 unspecified atom stereocenters. The Kier molecular flexibility index (Phi) is 6.13. The highest BCUT2D eigenvalue weighted by molar-refractivity contribution is 7.13. The molecule has 0 saturated carbocycles. The fourth-order valence-corrected chi connectivity index (χ4v) is 4.07. The van der Waals surface area contributed by atoms with Gasteiger partial charge in [0.25, 0.3) is 5.56 Å². The van der Waals surface area contributed by atoms with E-state index in [0.29, 0.717) is 44.2 Å². The maximum atomic E-state index is 13.2. The molecular formula is C21H18F3N5O4S. The van der Waals surface area contributed by atoms with Crippen molar-refractivity contribution in [1.29, 1.82) is 0 Å². The maximum absolute atomic E-state index is 13.2. The lowest BCUT2D eigenvalue weighted by molar-refractivity contribution is -0.144. The van der Waals surface area contributed by atoms with Crippen molar-refractivity contribution in [1.82, 2.24) is 23.5 Å². The van der Waals surface area contributed by atoms with E-state index < -0.39 is 23.1 Å². The van der Waals surface area contributed by atoms with Gasteiger partial charge < -0.3 is 9.47 Å². The largest absolute Gasteiger partial charge is 0.478 e. The number of alkyl halides is 3. The number of ether oxygens (including phenoxy) is 2. The summed E-state index contributed by atoms with van der Waals surface area (Å²) < 4.78 is 56.6. The SMILES string of the molecule is CCOc1cc(OCC)nc(-c2nsc3ccc(-n4c(=O)cc(C(F)(F)F)n(C)c4=O)cc23)n1. The molecule has 13 heteroatoms. The van der Waals surface area contributed by atoms with E-state index in [4.69, 9.17) is 9.47 Å². The molecule has 0 aliphatic rings. The first-order valence-electron chi connectivity index (χ1n) is 10.1. The van der Waals surface area contributed by atoms with Crippen molar-refractivity contribution in [3.8, 4) is 29.0 Å². The summed E-state index contributed by atoms with van der Waals surface area (Å²) in [4.78, 5) is 33.9. The van der Waals surface area contributed by atoms with Crippen LogP contribution in [0.25, 0.3) is 27.3 Å². The summed E-state index contributed by atoms with van der Waals surface area (Å²) in [6, 6.07) is 6.50. The van der Waals surface area contributed by atoms with Gasteiger partial charge in [0.1, 0.15) is 11.4 Å². The molecule has 0 amide bonds. The zero-order chi connectivity index (χ0) is 24.6. The summed E-state index contributed by atoms with van der Waals surface area (Å²) in [6.07, 6.45) is -4.85. The number of benzene rings is 1. The zero-order valence-electron chi connectivity index (χ0n) is 18.2. The van der Waals surface area contributed by atoms with Crippen LogP contribution in [0.5, 0.6) is 11.8 Å². The monoisotopic (exact) mass is 493 g/mol. The summed E-state index contributed by atoms with van der Waals surface area (Å²) in [5.74, 6) is 0.757. The van der Waals surface area contributed by atoms with Crippen molar-refractivity contribution in [2.45, 2.75) is 20.0 Å². The van der Waals surface area contributed by atoms with Gasteiger partial charge in [-0.15, -0.1) is 0 Å². The summed E-state index contributed by atoms with van der Waals surface area (Å²) in [5, 5.41) is 0.507. The number of hydrogen-bond acceptors (Lipinski definition) is 8. The van der Waals surface area contributed by atoms with Gasteiger partial charge in [-0.1, -0.05) is 0 Å². The molecule has 34 heavy (non-hydrogen) atoms. The van der Waals surface area contributed by atoms with Gasteiger partial charge in [0.15, 0.2) is 5.82 Å². The highest BCUT2D eigenvalue weighted by Gasteiger charge is 2.35. The molecule has 1 aromatic carbocycles. The number of fused-ring (bicyclic) bond motifs is 1. The number of hydrogen-bond donors (Lipinski definition) is 0. The highest BCUT2D eigenvalue weighted by Crippen LogP contribution is 2.32. The smallest absolute Gasteiger partial charge is 0.431 e. The third kappa shape index (κ3) is 4.25. The van der Waals surface area contributed by atoms with E-state index in [1.807, 2.05) is 0 Å². The summed E-state index contributed by atoms with van der Waals surface area (Å²) in [6.45, 7) is 4.33. The third-order valence-corrected chi connectivity index (χ3v) is 5.62. The van der Waals surface area contributed by atoms with E-state index in [-0.39, 0.29) is 23.3 Å². The van der Waals surface area contributed by atoms with Crippen molar-refractivity contribution in [2.24, 2.45) is 7.05 Å². The van der Waals surface area contributed by atoms with E-state index in [2.05, 4.69) is 14.3 Å². The van der Waals surface area contributed by atoms with E-state index in [1.165, 1.54) is 12.1 Å². The molecule has 0 aliphatic heterocycles. The fourth-order valence-electron chi connectivity index (χ4n) is 3.32. The van der Waals surface area contributed by atoms with E-state index in [1.54, 1.807) is 26.0 Å². The molecule has 0 bridgehead atoms. The molecule has 3 aromatic heterocycles. The molecule has 0 N–H and O–H groups in total. The van der Waals surface area contributed by atoms with Crippen molar-refractivity contribution in [3.05, 3.63) is 56.9 Å². The molecule has 4 aromatic rings. The lowest BCUT2D eigenvalue weighted by atomic mass is 10.2. The lowest BCUT2D eigenvalue weighted by Crippen LogP contribution is -2.40. The molecular weight excluding hydrogens is 475 g/mol. The van der Waals surface area contributed by atoms with Crippen LogP contribution in [0.15, 0.2) is 39.9 Å². The van der Waals surface area contributed by atoms with Crippen LogP contribution in [0.4, 0.5) is 13.2 Å². The Bertz CT molecular complexity index is 1470. The second-order valence-electron chi connectivity index (χ2n) is 6.99. The second-order valence-corrected chi connectivity index (χ2v) is 7.79. The van der Waals surface area contributed by atoms with Gasteiger partial charge in [-0.3, -0.25) is 9.36 Å². The Balaban J connectivity index is 1.90. The Morgan fingerprint density at radius 3 is 2.24 bits per heavy atom. The standard InChI is InChI=1S/C21H18F3N5O4S/c1-4-32-15-10-16(33-5-2)26-19(25-15)18-12-8-11(6-7-13(12)34-27-18)29-17(30)9-14(21(22,23)24)28(3)20(29)31/h6-10H,4-5H2,1-3H3. The number of aromatic nitrogens is 5. The van der Waals surface area contributed by atoms with Gasteiger partial charge in [0, 0.05) is 18.5 Å². The van der Waals surface area contributed by atoms with E-state index in [0.717, 1.165) is 18.6 Å². The Hall–Kier alpha value is -3.74. The van der Waals surface area contributed by atoms with Gasteiger partial charge in [0.2, 0.25) is 11.8 Å². The number of nitrogens with zero attached hydrogens (tertiary/aromatic N) is 5. The minimum absolute atomic E-state index is 0.0827. The normalized spacial score (nSPS) is 11.7. The van der Waals surface area contributed by atoms with Gasteiger partial charge in [-0.05, 0) is 43.6 Å². The summed E-state index contributed by atoms with van der Waals surface area (Å²) in [5.41, 5.74) is -3.13. The Labute approximate surface area is 194 Å². The van der Waals surface area contributed by atoms with Crippen molar-refractivity contribution >= 4 is 21.6 Å². The Morgan fingerprint density at radius 2 is 1.65 bits per heavy atom. The second kappa shape index (κ2) is 8.89. The van der Waals surface area contributed by atoms with Crippen LogP contribution in [0.1, 0.15) is 19.5 Å². The molecule has 0 aliphatic carbocycles. The summed E-state index contributed by atoms with van der Waals surface area (Å²) in [7, 11) is 0.958. The van der Waals surface area contributed by atoms with Crippen LogP contribution in [0, 0.1) is 0 Å². The first-order chi connectivity index (χ1) is 16.1. The molecule has 178 valence electrons. The average molecular weight is 493 g/mol. The number of halogens is 3.